The summed E-state index contributed by atoms with van der Waals surface area (Å²) < 4.78 is 7.65. The Morgan fingerprint density at radius 1 is 1.11 bits per heavy atom. The van der Waals surface area contributed by atoms with Crippen molar-refractivity contribution in [1.29, 1.82) is 0 Å². The van der Waals surface area contributed by atoms with Gasteiger partial charge in [0.15, 0.2) is 0 Å². The van der Waals surface area contributed by atoms with Gasteiger partial charge in [0.25, 0.3) is 0 Å². The van der Waals surface area contributed by atoms with Gasteiger partial charge in [0.1, 0.15) is 17.3 Å². The standard InChI is InChI=1S/C22H24ClN3O/c1-14-7-9-19(15(2)12-14)26-22-17(6-4-5-11-24-22)21(25-26)18-13-16(23)8-10-20(18)27-3/h7-10,12-13,24H,4-6,11H2,1-3H3. The van der Waals surface area contributed by atoms with Crippen LogP contribution in [-0.4, -0.2) is 23.4 Å². The van der Waals surface area contributed by atoms with E-state index in [0.29, 0.717) is 5.02 Å². The van der Waals surface area contributed by atoms with Gasteiger partial charge in [-0.2, -0.15) is 5.10 Å². The van der Waals surface area contributed by atoms with Gasteiger partial charge in [0, 0.05) is 22.7 Å². The van der Waals surface area contributed by atoms with Crippen molar-refractivity contribution in [2.24, 2.45) is 0 Å². The van der Waals surface area contributed by atoms with Crippen LogP contribution in [-0.2, 0) is 6.42 Å². The number of ether oxygens (including phenoxy) is 1. The third kappa shape index (κ3) is 3.30. The summed E-state index contributed by atoms with van der Waals surface area (Å²) in [5.41, 5.74) is 6.66. The number of nitrogens with zero attached hydrogens (tertiary/aromatic N) is 2. The van der Waals surface area contributed by atoms with Gasteiger partial charge in [0.05, 0.1) is 12.8 Å². The van der Waals surface area contributed by atoms with Gasteiger partial charge in [-0.25, -0.2) is 4.68 Å². The molecule has 0 saturated carbocycles. The minimum absolute atomic E-state index is 0.683. The third-order valence-corrected chi connectivity index (χ3v) is 5.36. The molecule has 2 aromatic carbocycles. The first-order valence-corrected chi connectivity index (χ1v) is 9.73. The molecule has 0 atom stereocenters. The zero-order valence-corrected chi connectivity index (χ0v) is 16.7. The summed E-state index contributed by atoms with van der Waals surface area (Å²) in [7, 11) is 1.69. The van der Waals surface area contributed by atoms with Gasteiger partial charge in [-0.3, -0.25) is 0 Å². The molecule has 1 aromatic heterocycles. The highest BCUT2D eigenvalue weighted by Crippen LogP contribution is 2.39. The molecule has 0 aliphatic carbocycles. The summed E-state index contributed by atoms with van der Waals surface area (Å²) in [6.45, 7) is 5.20. The first-order valence-electron chi connectivity index (χ1n) is 9.36. The zero-order valence-electron chi connectivity index (χ0n) is 16.0. The highest BCUT2D eigenvalue weighted by Gasteiger charge is 2.24. The fourth-order valence-electron chi connectivity index (χ4n) is 3.80. The van der Waals surface area contributed by atoms with E-state index in [9.17, 15) is 0 Å². The van der Waals surface area contributed by atoms with Crippen LogP contribution >= 0.6 is 11.6 Å². The fourth-order valence-corrected chi connectivity index (χ4v) is 3.97. The Balaban J connectivity index is 1.96. The number of aromatic nitrogens is 2. The molecule has 5 heteroatoms. The molecule has 3 aromatic rings. The van der Waals surface area contributed by atoms with Gasteiger partial charge in [0.2, 0.25) is 0 Å². The predicted molar refractivity (Wildman–Crippen MR) is 111 cm³/mol. The van der Waals surface area contributed by atoms with E-state index >= 15 is 0 Å². The number of benzene rings is 2. The number of nitrogens with one attached hydrogen (secondary N) is 1. The van der Waals surface area contributed by atoms with Crippen LogP contribution in [0, 0.1) is 13.8 Å². The first-order chi connectivity index (χ1) is 13.1. The molecule has 0 amide bonds. The number of anilines is 1. The Morgan fingerprint density at radius 3 is 2.74 bits per heavy atom. The lowest BCUT2D eigenvalue weighted by atomic mass is 10.0. The van der Waals surface area contributed by atoms with Gasteiger partial charge in [-0.1, -0.05) is 29.3 Å². The van der Waals surface area contributed by atoms with Crippen LogP contribution in [0.2, 0.25) is 5.02 Å². The lowest BCUT2D eigenvalue weighted by Crippen LogP contribution is -2.08. The molecule has 0 radical (unpaired) electrons. The van der Waals surface area contributed by atoms with E-state index in [0.717, 1.165) is 54.3 Å². The molecule has 4 nitrogen and oxygen atoms in total. The average molecular weight is 382 g/mol. The van der Waals surface area contributed by atoms with Crippen molar-refractivity contribution in [3.63, 3.8) is 0 Å². The largest absolute Gasteiger partial charge is 0.496 e. The van der Waals surface area contributed by atoms with Crippen molar-refractivity contribution in [2.45, 2.75) is 33.1 Å². The lowest BCUT2D eigenvalue weighted by molar-refractivity contribution is 0.416. The van der Waals surface area contributed by atoms with E-state index in [1.165, 1.54) is 16.7 Å². The lowest BCUT2D eigenvalue weighted by Gasteiger charge is -2.12. The first kappa shape index (κ1) is 17.9. The maximum atomic E-state index is 6.30. The normalized spacial score (nSPS) is 13.6. The molecule has 0 bridgehead atoms. The average Bonchev–Trinajstić information content (AvgIpc) is 2.83. The van der Waals surface area contributed by atoms with E-state index in [2.05, 4.69) is 37.4 Å². The molecule has 27 heavy (non-hydrogen) atoms. The quantitative estimate of drug-likeness (QED) is 0.644. The summed E-state index contributed by atoms with van der Waals surface area (Å²) in [5, 5.41) is 9.32. The molecular weight excluding hydrogens is 358 g/mol. The second-order valence-corrected chi connectivity index (χ2v) is 7.54. The van der Waals surface area contributed by atoms with Gasteiger partial charge >= 0.3 is 0 Å². The minimum Gasteiger partial charge on any atom is -0.496 e. The number of methoxy groups -OCH3 is 1. The van der Waals surface area contributed by atoms with Crippen molar-refractivity contribution in [3.8, 4) is 22.7 Å². The van der Waals surface area contributed by atoms with E-state index in [1.807, 2.05) is 22.9 Å². The molecule has 0 unspecified atom stereocenters. The monoisotopic (exact) mass is 381 g/mol. The van der Waals surface area contributed by atoms with Crippen molar-refractivity contribution in [1.82, 2.24) is 9.78 Å². The van der Waals surface area contributed by atoms with Crippen molar-refractivity contribution >= 4 is 17.4 Å². The number of fused-ring (bicyclic) bond motifs is 1. The van der Waals surface area contributed by atoms with Crippen molar-refractivity contribution < 1.29 is 4.74 Å². The summed E-state index contributed by atoms with van der Waals surface area (Å²) >= 11 is 6.30. The Hall–Kier alpha value is -2.46. The number of halogens is 1. The molecule has 0 fully saturated rings. The van der Waals surface area contributed by atoms with Crippen LogP contribution in [0.3, 0.4) is 0 Å². The second-order valence-electron chi connectivity index (χ2n) is 7.11. The third-order valence-electron chi connectivity index (χ3n) is 5.13. The molecule has 1 aliphatic rings. The van der Waals surface area contributed by atoms with E-state index in [1.54, 1.807) is 7.11 Å². The van der Waals surface area contributed by atoms with E-state index in [4.69, 9.17) is 21.4 Å². The Bertz CT molecular complexity index is 993. The summed E-state index contributed by atoms with van der Waals surface area (Å²) in [5.74, 6) is 1.87. The van der Waals surface area contributed by atoms with Gasteiger partial charge < -0.3 is 10.1 Å². The van der Waals surface area contributed by atoms with Gasteiger partial charge in [-0.15, -0.1) is 0 Å². The van der Waals surface area contributed by atoms with E-state index in [-0.39, 0.29) is 0 Å². The number of hydrogen-bond donors (Lipinski definition) is 1. The van der Waals surface area contributed by atoms with Crippen LogP contribution in [0.25, 0.3) is 16.9 Å². The second kappa shape index (κ2) is 7.28. The topological polar surface area (TPSA) is 39.1 Å². The van der Waals surface area contributed by atoms with Crippen LogP contribution in [0.15, 0.2) is 36.4 Å². The summed E-state index contributed by atoms with van der Waals surface area (Å²) in [6.07, 6.45) is 3.26. The highest BCUT2D eigenvalue weighted by molar-refractivity contribution is 6.31. The molecule has 1 aliphatic heterocycles. The number of rotatable bonds is 3. The molecule has 0 saturated heterocycles. The summed E-state index contributed by atoms with van der Waals surface area (Å²) in [6, 6.07) is 12.2. The van der Waals surface area contributed by atoms with E-state index < -0.39 is 0 Å². The Morgan fingerprint density at radius 2 is 1.96 bits per heavy atom. The van der Waals surface area contributed by atoms with Crippen LogP contribution < -0.4 is 10.1 Å². The van der Waals surface area contributed by atoms with Crippen LogP contribution in [0.4, 0.5) is 5.82 Å². The molecule has 1 N–H and O–H groups in total. The van der Waals surface area contributed by atoms with Crippen molar-refractivity contribution in [3.05, 3.63) is 58.1 Å². The Kier molecular flexibility index (Phi) is 4.83. The predicted octanol–water partition coefficient (Wildman–Crippen LogP) is 5.57. The zero-order chi connectivity index (χ0) is 19.0. The number of hydrogen-bond acceptors (Lipinski definition) is 3. The smallest absolute Gasteiger partial charge is 0.133 e. The molecule has 0 spiro atoms. The van der Waals surface area contributed by atoms with Crippen molar-refractivity contribution in [2.75, 3.05) is 19.0 Å². The molecule has 2 heterocycles. The van der Waals surface area contributed by atoms with Gasteiger partial charge in [-0.05, 0) is 62.9 Å². The molecular formula is C22H24ClN3O. The summed E-state index contributed by atoms with van der Waals surface area (Å²) in [4.78, 5) is 0. The van der Waals surface area contributed by atoms with Crippen LogP contribution in [0.1, 0.15) is 29.5 Å². The maximum Gasteiger partial charge on any atom is 0.133 e. The molecule has 4 rings (SSSR count). The highest BCUT2D eigenvalue weighted by atomic mass is 35.5. The minimum atomic E-state index is 0.683. The maximum absolute atomic E-state index is 6.30. The SMILES string of the molecule is COc1ccc(Cl)cc1-c1nn(-c2ccc(C)cc2C)c2c1CCCCN2. The Labute approximate surface area is 165 Å². The van der Waals surface area contributed by atoms with Crippen LogP contribution in [0.5, 0.6) is 5.75 Å². The fraction of sp³-hybridized carbons (Fsp3) is 0.318. The number of aryl methyl sites for hydroxylation is 2. The molecule has 140 valence electrons.